The van der Waals surface area contributed by atoms with Gasteiger partial charge in [-0.3, -0.25) is 14.6 Å². The van der Waals surface area contributed by atoms with Crippen LogP contribution < -0.4 is 0 Å². The quantitative estimate of drug-likeness (QED) is 0.853. The summed E-state index contributed by atoms with van der Waals surface area (Å²) in [4.78, 5) is 31.3. The number of carboxylic acids is 1. The minimum absolute atomic E-state index is 0.0483. The Bertz CT molecular complexity index is 425. The van der Waals surface area contributed by atoms with E-state index in [0.717, 1.165) is 0 Å². The Kier molecular flexibility index (Phi) is 4.84. The van der Waals surface area contributed by atoms with Crippen molar-refractivity contribution in [3.63, 3.8) is 0 Å². The van der Waals surface area contributed by atoms with Crippen molar-refractivity contribution in [2.24, 2.45) is 0 Å². The summed E-state index contributed by atoms with van der Waals surface area (Å²) in [6.45, 7) is 1.84. The second-order valence-electron chi connectivity index (χ2n) is 3.35. The molecule has 6 nitrogen and oxygen atoms in total. The van der Waals surface area contributed by atoms with Crippen molar-refractivity contribution in [2.45, 2.75) is 13.3 Å². The zero-order valence-electron chi connectivity index (χ0n) is 9.26. The number of rotatable bonds is 5. The Morgan fingerprint density at radius 1 is 1.47 bits per heavy atom. The van der Waals surface area contributed by atoms with E-state index < -0.39 is 11.9 Å². The summed E-state index contributed by atoms with van der Waals surface area (Å²) in [5.74, 6) is -1.55. The molecule has 1 rings (SSSR count). The van der Waals surface area contributed by atoms with Crippen LogP contribution in [0.4, 0.5) is 0 Å². The predicted molar refractivity (Wildman–Crippen MR) is 60.9 cm³/mol. The summed E-state index contributed by atoms with van der Waals surface area (Å²) >= 11 is 5.62. The molecule has 0 spiro atoms. The van der Waals surface area contributed by atoms with Gasteiger partial charge >= 0.3 is 5.97 Å². The van der Waals surface area contributed by atoms with Gasteiger partial charge in [-0.25, -0.2) is 4.98 Å². The standard InChI is InChI=1S/C10H12ClN3O3/c1-2-3-14(6-9(15)16)10(17)7-4-12-5-8(11)13-7/h4-5H,2-3,6H2,1H3,(H,15,16). The molecule has 0 saturated heterocycles. The number of hydrogen-bond donors (Lipinski definition) is 1. The van der Waals surface area contributed by atoms with E-state index in [1.54, 1.807) is 0 Å². The van der Waals surface area contributed by atoms with Crippen molar-refractivity contribution in [3.05, 3.63) is 23.2 Å². The highest BCUT2D eigenvalue weighted by Gasteiger charge is 2.19. The molecule has 7 heteroatoms. The number of aliphatic carboxylic acids is 1. The minimum atomic E-state index is -1.07. The monoisotopic (exact) mass is 257 g/mol. The highest BCUT2D eigenvalue weighted by Crippen LogP contribution is 2.06. The van der Waals surface area contributed by atoms with Gasteiger partial charge in [-0.1, -0.05) is 18.5 Å². The third kappa shape index (κ3) is 3.99. The van der Waals surface area contributed by atoms with Gasteiger partial charge in [0, 0.05) is 6.54 Å². The number of aromatic nitrogens is 2. The first-order chi connectivity index (χ1) is 8.04. The summed E-state index contributed by atoms with van der Waals surface area (Å²) in [6, 6.07) is 0. The van der Waals surface area contributed by atoms with Gasteiger partial charge in [-0.05, 0) is 6.42 Å². The van der Waals surface area contributed by atoms with E-state index in [1.807, 2.05) is 6.92 Å². The molecular formula is C10H12ClN3O3. The molecule has 0 bridgehead atoms. The van der Waals surface area contributed by atoms with Crippen LogP contribution >= 0.6 is 11.6 Å². The average molecular weight is 258 g/mol. The molecule has 0 aliphatic heterocycles. The molecule has 0 aromatic carbocycles. The largest absolute Gasteiger partial charge is 0.480 e. The second kappa shape index (κ2) is 6.15. The zero-order chi connectivity index (χ0) is 12.8. The van der Waals surface area contributed by atoms with Gasteiger partial charge in [0.2, 0.25) is 0 Å². The summed E-state index contributed by atoms with van der Waals surface area (Å²) in [5.41, 5.74) is 0.0483. The van der Waals surface area contributed by atoms with Crippen molar-refractivity contribution >= 4 is 23.5 Å². The van der Waals surface area contributed by atoms with E-state index in [9.17, 15) is 9.59 Å². The van der Waals surface area contributed by atoms with E-state index in [0.29, 0.717) is 13.0 Å². The topological polar surface area (TPSA) is 83.4 Å². The lowest BCUT2D eigenvalue weighted by Gasteiger charge is -2.19. The van der Waals surface area contributed by atoms with E-state index in [1.165, 1.54) is 17.3 Å². The third-order valence-electron chi connectivity index (χ3n) is 1.93. The molecule has 1 aromatic heterocycles. The molecule has 0 atom stereocenters. The van der Waals surface area contributed by atoms with Crippen LogP contribution in [0.15, 0.2) is 12.4 Å². The Morgan fingerprint density at radius 2 is 2.18 bits per heavy atom. The van der Waals surface area contributed by atoms with Crippen LogP contribution in [-0.4, -0.2) is 44.9 Å². The first-order valence-electron chi connectivity index (χ1n) is 5.03. The van der Waals surface area contributed by atoms with Crippen LogP contribution in [0.3, 0.4) is 0 Å². The normalized spacial score (nSPS) is 10.0. The van der Waals surface area contributed by atoms with Gasteiger partial charge in [-0.2, -0.15) is 0 Å². The van der Waals surface area contributed by atoms with Crippen molar-refractivity contribution < 1.29 is 14.7 Å². The van der Waals surface area contributed by atoms with Gasteiger partial charge in [-0.15, -0.1) is 0 Å². The van der Waals surface area contributed by atoms with Gasteiger partial charge in [0.05, 0.1) is 12.4 Å². The number of halogens is 1. The number of amides is 1. The minimum Gasteiger partial charge on any atom is -0.480 e. The second-order valence-corrected chi connectivity index (χ2v) is 3.73. The summed E-state index contributed by atoms with van der Waals surface area (Å²) in [5, 5.41) is 8.80. The molecule has 92 valence electrons. The molecule has 0 fully saturated rings. The van der Waals surface area contributed by atoms with Gasteiger partial charge in [0.25, 0.3) is 5.91 Å². The van der Waals surface area contributed by atoms with Gasteiger partial charge in [0.1, 0.15) is 17.4 Å². The molecule has 0 saturated carbocycles. The van der Waals surface area contributed by atoms with Crippen LogP contribution in [0.1, 0.15) is 23.8 Å². The molecule has 0 aliphatic rings. The van der Waals surface area contributed by atoms with Crippen LogP contribution in [0.5, 0.6) is 0 Å². The van der Waals surface area contributed by atoms with Gasteiger partial charge in [0.15, 0.2) is 0 Å². The Balaban J connectivity index is 2.87. The van der Waals surface area contributed by atoms with Crippen LogP contribution in [-0.2, 0) is 4.79 Å². The van der Waals surface area contributed by atoms with Crippen molar-refractivity contribution in [3.8, 4) is 0 Å². The van der Waals surface area contributed by atoms with Crippen molar-refractivity contribution in [1.29, 1.82) is 0 Å². The summed E-state index contributed by atoms with van der Waals surface area (Å²) < 4.78 is 0. The van der Waals surface area contributed by atoms with E-state index in [4.69, 9.17) is 16.7 Å². The summed E-state index contributed by atoms with van der Waals surface area (Å²) in [6.07, 6.45) is 3.23. The lowest BCUT2D eigenvalue weighted by molar-refractivity contribution is -0.137. The Morgan fingerprint density at radius 3 is 2.71 bits per heavy atom. The maximum absolute atomic E-state index is 11.9. The molecule has 17 heavy (non-hydrogen) atoms. The summed E-state index contributed by atoms with van der Waals surface area (Å²) in [7, 11) is 0. The number of carbonyl (C=O) groups excluding carboxylic acids is 1. The molecule has 1 aromatic rings. The van der Waals surface area contributed by atoms with E-state index >= 15 is 0 Å². The number of nitrogens with zero attached hydrogens (tertiary/aromatic N) is 3. The van der Waals surface area contributed by atoms with Crippen LogP contribution in [0, 0.1) is 0 Å². The zero-order valence-corrected chi connectivity index (χ0v) is 10.0. The highest BCUT2D eigenvalue weighted by molar-refractivity contribution is 6.29. The molecular weight excluding hydrogens is 246 g/mol. The number of carboxylic acid groups (broad SMARTS) is 1. The fourth-order valence-electron chi connectivity index (χ4n) is 1.29. The van der Waals surface area contributed by atoms with Crippen molar-refractivity contribution in [2.75, 3.05) is 13.1 Å². The fraction of sp³-hybridized carbons (Fsp3) is 0.400. The predicted octanol–water partition coefficient (Wildman–Crippen LogP) is 1.07. The fourth-order valence-corrected chi connectivity index (χ4v) is 1.44. The SMILES string of the molecule is CCCN(CC(=O)O)C(=O)c1cncc(Cl)n1. The molecule has 0 radical (unpaired) electrons. The number of carbonyl (C=O) groups is 2. The first kappa shape index (κ1) is 13.4. The molecule has 1 heterocycles. The molecule has 1 N–H and O–H groups in total. The van der Waals surface area contributed by atoms with Crippen LogP contribution in [0.2, 0.25) is 5.15 Å². The lowest BCUT2D eigenvalue weighted by Crippen LogP contribution is -2.36. The third-order valence-corrected chi connectivity index (χ3v) is 2.11. The average Bonchev–Trinajstić information content (AvgIpc) is 2.27. The van der Waals surface area contributed by atoms with Gasteiger partial charge < -0.3 is 10.0 Å². The smallest absolute Gasteiger partial charge is 0.323 e. The molecule has 1 amide bonds. The maximum Gasteiger partial charge on any atom is 0.323 e. The first-order valence-corrected chi connectivity index (χ1v) is 5.41. The Labute approximate surface area is 103 Å². The van der Waals surface area contributed by atoms with Crippen molar-refractivity contribution in [1.82, 2.24) is 14.9 Å². The van der Waals surface area contributed by atoms with Crippen LogP contribution in [0.25, 0.3) is 0 Å². The number of hydrogen-bond acceptors (Lipinski definition) is 4. The lowest BCUT2D eigenvalue weighted by atomic mass is 10.3. The van der Waals surface area contributed by atoms with E-state index in [2.05, 4.69) is 9.97 Å². The van der Waals surface area contributed by atoms with E-state index in [-0.39, 0.29) is 17.4 Å². The molecule has 0 unspecified atom stereocenters. The highest BCUT2D eigenvalue weighted by atomic mass is 35.5. The Hall–Kier alpha value is -1.69. The maximum atomic E-state index is 11.9. The molecule has 0 aliphatic carbocycles.